The van der Waals surface area contributed by atoms with E-state index < -0.39 is 10.7 Å². The van der Waals surface area contributed by atoms with Gasteiger partial charge in [-0.25, -0.2) is 4.39 Å². The molecule has 0 aromatic heterocycles. The fourth-order valence-electron chi connectivity index (χ4n) is 2.03. The average molecular weight is 353 g/mol. The molecule has 0 aliphatic heterocycles. The van der Waals surface area contributed by atoms with Crippen molar-refractivity contribution in [2.45, 2.75) is 19.5 Å². The van der Waals surface area contributed by atoms with Crippen LogP contribution in [0.25, 0.3) is 0 Å². The molecule has 0 saturated heterocycles. The molecule has 0 radical (unpaired) electrons. The lowest BCUT2D eigenvalue weighted by Gasteiger charge is -2.14. The average Bonchev–Trinajstić information content (AvgIpc) is 2.44. The first-order chi connectivity index (χ1) is 9.97. The largest absolute Gasteiger partial charge is 0.306 e. The molecular weight excluding hydrogens is 339 g/mol. The predicted molar refractivity (Wildman–Crippen MR) is 82.5 cm³/mol. The Labute approximate surface area is 130 Å². The third-order valence-electron chi connectivity index (χ3n) is 3.19. The lowest BCUT2D eigenvalue weighted by Crippen LogP contribution is -2.18. The zero-order valence-corrected chi connectivity index (χ0v) is 12.9. The zero-order valence-electron chi connectivity index (χ0n) is 11.3. The monoisotopic (exact) mass is 352 g/mol. The van der Waals surface area contributed by atoms with Crippen LogP contribution >= 0.6 is 15.9 Å². The third kappa shape index (κ3) is 4.09. The normalized spacial score (nSPS) is 12.1. The fraction of sp³-hybridized carbons (Fsp3) is 0.200. The molecule has 4 nitrogen and oxygen atoms in total. The molecule has 6 heteroatoms. The Morgan fingerprint density at radius 2 is 2.10 bits per heavy atom. The van der Waals surface area contributed by atoms with E-state index in [1.54, 1.807) is 0 Å². The maximum Gasteiger partial charge on any atom is 0.274 e. The topological polar surface area (TPSA) is 55.2 Å². The van der Waals surface area contributed by atoms with Crippen LogP contribution in [-0.4, -0.2) is 4.92 Å². The molecule has 2 aromatic rings. The fourth-order valence-corrected chi connectivity index (χ4v) is 2.45. The molecule has 1 atom stereocenters. The van der Waals surface area contributed by atoms with Crippen molar-refractivity contribution in [3.63, 3.8) is 0 Å². The van der Waals surface area contributed by atoms with Gasteiger partial charge in [-0.05, 0) is 36.8 Å². The van der Waals surface area contributed by atoms with Crippen LogP contribution in [0.4, 0.5) is 10.1 Å². The van der Waals surface area contributed by atoms with Gasteiger partial charge >= 0.3 is 0 Å². The van der Waals surface area contributed by atoms with Gasteiger partial charge in [-0.15, -0.1) is 0 Å². The molecule has 0 aliphatic carbocycles. The first kappa shape index (κ1) is 15.6. The summed E-state index contributed by atoms with van der Waals surface area (Å²) in [4.78, 5) is 10.4. The number of nitrogens with one attached hydrogen (secondary N) is 1. The van der Waals surface area contributed by atoms with Crippen LogP contribution < -0.4 is 5.32 Å². The Hall–Kier alpha value is -1.79. The molecule has 0 unspecified atom stereocenters. The summed E-state index contributed by atoms with van der Waals surface area (Å²) in [6.45, 7) is 2.18. The van der Waals surface area contributed by atoms with Crippen LogP contribution in [-0.2, 0) is 6.54 Å². The van der Waals surface area contributed by atoms with Crippen LogP contribution in [0.5, 0.6) is 0 Å². The predicted octanol–water partition coefficient (Wildman–Crippen LogP) is 4.35. The second kappa shape index (κ2) is 6.78. The van der Waals surface area contributed by atoms with Crippen molar-refractivity contribution in [2.24, 2.45) is 0 Å². The molecule has 0 fully saturated rings. The number of nitro groups is 1. The number of nitrogens with zero attached hydrogens (tertiary/aromatic N) is 1. The van der Waals surface area contributed by atoms with E-state index in [0.717, 1.165) is 16.1 Å². The summed E-state index contributed by atoms with van der Waals surface area (Å²) in [5.41, 5.74) is 1.30. The summed E-state index contributed by atoms with van der Waals surface area (Å²) in [6, 6.07) is 11.2. The second-order valence-electron chi connectivity index (χ2n) is 4.69. The lowest BCUT2D eigenvalue weighted by atomic mass is 10.1. The zero-order chi connectivity index (χ0) is 15.4. The molecule has 0 heterocycles. The number of hydrogen-bond donors (Lipinski definition) is 1. The van der Waals surface area contributed by atoms with Crippen molar-refractivity contribution in [1.29, 1.82) is 0 Å². The van der Waals surface area contributed by atoms with Crippen molar-refractivity contribution in [1.82, 2.24) is 5.32 Å². The minimum absolute atomic E-state index is 0.00892. The lowest BCUT2D eigenvalue weighted by molar-refractivity contribution is -0.385. The second-order valence-corrected chi connectivity index (χ2v) is 5.60. The molecule has 0 aliphatic rings. The van der Waals surface area contributed by atoms with Crippen LogP contribution in [0.2, 0.25) is 0 Å². The molecule has 110 valence electrons. The van der Waals surface area contributed by atoms with Crippen LogP contribution in [0.15, 0.2) is 46.9 Å². The molecule has 0 spiro atoms. The molecule has 0 bridgehead atoms. The highest BCUT2D eigenvalue weighted by molar-refractivity contribution is 9.10. The van der Waals surface area contributed by atoms with Gasteiger partial charge in [0.25, 0.3) is 5.69 Å². The van der Waals surface area contributed by atoms with Crippen molar-refractivity contribution in [2.75, 3.05) is 0 Å². The minimum atomic E-state index is -0.500. The Morgan fingerprint density at radius 3 is 2.76 bits per heavy atom. The molecule has 1 N–H and O–H groups in total. The van der Waals surface area contributed by atoms with E-state index in [1.807, 2.05) is 31.2 Å². The van der Waals surface area contributed by atoms with Gasteiger partial charge in [0.2, 0.25) is 0 Å². The van der Waals surface area contributed by atoms with Crippen molar-refractivity contribution >= 4 is 21.6 Å². The quantitative estimate of drug-likeness (QED) is 0.642. The molecule has 0 saturated carbocycles. The maximum absolute atomic E-state index is 13.3. The SMILES string of the molecule is C[C@H](NCc1cc(F)ccc1[N+](=O)[O-])c1cccc(Br)c1. The molecular formula is C15H14BrFN2O2. The van der Waals surface area contributed by atoms with E-state index in [0.29, 0.717) is 5.56 Å². The van der Waals surface area contributed by atoms with E-state index in [4.69, 9.17) is 0 Å². The Bertz CT molecular complexity index is 664. The van der Waals surface area contributed by atoms with E-state index >= 15 is 0 Å². The summed E-state index contributed by atoms with van der Waals surface area (Å²) < 4.78 is 14.2. The number of rotatable bonds is 5. The Kier molecular flexibility index (Phi) is 5.03. The third-order valence-corrected chi connectivity index (χ3v) is 3.68. The van der Waals surface area contributed by atoms with Crippen molar-refractivity contribution in [3.8, 4) is 0 Å². The summed E-state index contributed by atoms with van der Waals surface area (Å²) in [7, 11) is 0. The highest BCUT2D eigenvalue weighted by Crippen LogP contribution is 2.22. The van der Waals surface area contributed by atoms with Gasteiger partial charge in [0.05, 0.1) is 4.92 Å². The van der Waals surface area contributed by atoms with E-state index in [2.05, 4.69) is 21.2 Å². The number of nitro benzene ring substituents is 1. The van der Waals surface area contributed by atoms with Gasteiger partial charge in [-0.2, -0.15) is 0 Å². The number of benzene rings is 2. The van der Waals surface area contributed by atoms with Gasteiger partial charge in [-0.3, -0.25) is 10.1 Å². The summed E-state index contributed by atoms with van der Waals surface area (Å²) in [5, 5.41) is 14.1. The smallest absolute Gasteiger partial charge is 0.274 e. The summed E-state index contributed by atoms with van der Waals surface area (Å²) in [6.07, 6.45) is 0. The standard InChI is InChI=1S/C15H14BrFN2O2/c1-10(11-3-2-4-13(16)7-11)18-9-12-8-14(17)5-6-15(12)19(20)21/h2-8,10,18H,9H2,1H3/t10-/m0/s1. The van der Waals surface area contributed by atoms with Crippen LogP contribution in [0.1, 0.15) is 24.1 Å². The highest BCUT2D eigenvalue weighted by atomic mass is 79.9. The Balaban J connectivity index is 2.12. The molecule has 21 heavy (non-hydrogen) atoms. The van der Waals surface area contributed by atoms with Gasteiger partial charge < -0.3 is 5.32 Å². The minimum Gasteiger partial charge on any atom is -0.306 e. The Morgan fingerprint density at radius 1 is 1.33 bits per heavy atom. The van der Waals surface area contributed by atoms with Gasteiger partial charge in [0.1, 0.15) is 5.82 Å². The van der Waals surface area contributed by atoms with Gasteiger partial charge in [-0.1, -0.05) is 28.1 Å². The molecule has 2 aromatic carbocycles. The highest BCUT2D eigenvalue weighted by Gasteiger charge is 2.15. The summed E-state index contributed by atoms with van der Waals surface area (Å²) in [5.74, 6) is -0.479. The van der Waals surface area contributed by atoms with Gasteiger partial charge in [0, 0.05) is 28.7 Å². The maximum atomic E-state index is 13.3. The van der Waals surface area contributed by atoms with E-state index in [1.165, 1.54) is 12.1 Å². The van der Waals surface area contributed by atoms with E-state index in [-0.39, 0.29) is 18.3 Å². The molecule has 0 amide bonds. The van der Waals surface area contributed by atoms with Crippen LogP contribution in [0, 0.1) is 15.9 Å². The van der Waals surface area contributed by atoms with Crippen molar-refractivity contribution < 1.29 is 9.31 Å². The number of hydrogen-bond acceptors (Lipinski definition) is 3. The van der Waals surface area contributed by atoms with Crippen LogP contribution in [0.3, 0.4) is 0 Å². The first-order valence-corrected chi connectivity index (χ1v) is 7.18. The molecule has 2 rings (SSSR count). The summed E-state index contributed by atoms with van der Waals surface area (Å²) >= 11 is 3.40. The van der Waals surface area contributed by atoms with E-state index in [9.17, 15) is 14.5 Å². The van der Waals surface area contributed by atoms with Gasteiger partial charge in [0.15, 0.2) is 0 Å². The van der Waals surface area contributed by atoms with Crippen molar-refractivity contribution in [3.05, 3.63) is 74.0 Å². The number of halogens is 2. The first-order valence-electron chi connectivity index (χ1n) is 6.39.